The first-order valence-electron chi connectivity index (χ1n) is 7.36. The van der Waals surface area contributed by atoms with Gasteiger partial charge < -0.3 is 14.2 Å². The van der Waals surface area contributed by atoms with E-state index in [0.29, 0.717) is 18.8 Å². The van der Waals surface area contributed by atoms with Crippen molar-refractivity contribution in [1.29, 1.82) is 0 Å². The molecule has 1 heterocycles. The van der Waals surface area contributed by atoms with Gasteiger partial charge in [0.2, 0.25) is 0 Å². The minimum Gasteiger partial charge on any atom is -0.497 e. The number of nitrogens with zero attached hydrogens (tertiary/aromatic N) is 1. The van der Waals surface area contributed by atoms with E-state index in [1.807, 2.05) is 24.3 Å². The smallest absolute Gasteiger partial charge is 0.165 e. The van der Waals surface area contributed by atoms with Crippen LogP contribution in [0.15, 0.2) is 41.4 Å². The van der Waals surface area contributed by atoms with Gasteiger partial charge in [-0.25, -0.2) is 4.39 Å². The van der Waals surface area contributed by atoms with Crippen LogP contribution in [0.3, 0.4) is 0 Å². The summed E-state index contributed by atoms with van der Waals surface area (Å²) in [4.78, 5) is 4.54. The molecule has 0 unspecified atom stereocenters. The molecule has 0 spiro atoms. The Bertz CT molecular complexity index is 713. The summed E-state index contributed by atoms with van der Waals surface area (Å²) >= 11 is 0. The van der Waals surface area contributed by atoms with E-state index in [-0.39, 0.29) is 17.6 Å². The number of hydrogen-bond acceptors (Lipinski definition) is 4. The van der Waals surface area contributed by atoms with Gasteiger partial charge in [-0.3, -0.25) is 4.99 Å². The molecule has 2 aromatic carbocycles. The van der Waals surface area contributed by atoms with Crippen LogP contribution in [0.4, 0.5) is 4.39 Å². The van der Waals surface area contributed by atoms with Crippen molar-refractivity contribution in [1.82, 2.24) is 0 Å². The molecule has 5 heteroatoms. The lowest BCUT2D eigenvalue weighted by Crippen LogP contribution is -2.25. The van der Waals surface area contributed by atoms with Gasteiger partial charge in [0, 0.05) is 18.2 Å². The molecule has 1 aliphatic heterocycles. The van der Waals surface area contributed by atoms with Crippen molar-refractivity contribution in [2.45, 2.75) is 12.5 Å². The molecule has 23 heavy (non-hydrogen) atoms. The molecular formula is C18H18FNO3. The zero-order valence-electron chi connectivity index (χ0n) is 13.1. The topological polar surface area (TPSA) is 40.0 Å². The van der Waals surface area contributed by atoms with Crippen molar-refractivity contribution >= 4 is 6.21 Å². The molecule has 0 fully saturated rings. The van der Waals surface area contributed by atoms with Gasteiger partial charge in [-0.05, 0) is 42.0 Å². The number of methoxy groups -OCH3 is 2. The van der Waals surface area contributed by atoms with Gasteiger partial charge in [-0.15, -0.1) is 0 Å². The number of benzene rings is 2. The summed E-state index contributed by atoms with van der Waals surface area (Å²) in [5.74, 6) is 1.35. The Labute approximate surface area is 134 Å². The van der Waals surface area contributed by atoms with E-state index in [1.54, 1.807) is 26.5 Å². The molecule has 4 nitrogen and oxygen atoms in total. The van der Waals surface area contributed by atoms with Crippen molar-refractivity contribution < 1.29 is 18.6 Å². The molecule has 0 amide bonds. The second kappa shape index (κ2) is 6.69. The highest BCUT2D eigenvalue weighted by Gasteiger charge is 2.25. The molecule has 0 aromatic heterocycles. The van der Waals surface area contributed by atoms with Crippen LogP contribution in [0.25, 0.3) is 0 Å². The Morgan fingerprint density at radius 1 is 1.13 bits per heavy atom. The van der Waals surface area contributed by atoms with E-state index < -0.39 is 0 Å². The number of aliphatic imine (C=N–C) groups is 1. The lowest BCUT2D eigenvalue weighted by Gasteiger charge is -2.24. The maximum absolute atomic E-state index is 13.8. The van der Waals surface area contributed by atoms with Gasteiger partial charge in [0.15, 0.2) is 11.6 Å². The van der Waals surface area contributed by atoms with Gasteiger partial charge in [0.05, 0.1) is 20.3 Å². The maximum Gasteiger partial charge on any atom is 0.165 e. The second-order valence-electron chi connectivity index (χ2n) is 5.28. The standard InChI is InChI=1S/C18H18FNO3/c1-21-14-5-3-12(4-6-14)10-20-13-9-15-17(22-2)8-7-16(19)18(15)23-11-13/h3-8,10,13H,9,11H2,1-2H3/t13-/m1/s1. The normalized spacial score (nSPS) is 16.7. The Kier molecular flexibility index (Phi) is 4.46. The van der Waals surface area contributed by atoms with E-state index in [1.165, 1.54) is 6.07 Å². The van der Waals surface area contributed by atoms with Crippen LogP contribution >= 0.6 is 0 Å². The van der Waals surface area contributed by atoms with E-state index in [4.69, 9.17) is 14.2 Å². The average Bonchev–Trinajstić information content (AvgIpc) is 2.60. The molecule has 1 aliphatic rings. The summed E-state index contributed by atoms with van der Waals surface area (Å²) in [7, 11) is 3.20. The first-order chi connectivity index (χ1) is 11.2. The highest BCUT2D eigenvalue weighted by molar-refractivity contribution is 5.80. The van der Waals surface area contributed by atoms with E-state index in [2.05, 4.69) is 4.99 Å². The fraction of sp³-hybridized carbons (Fsp3) is 0.278. The summed E-state index contributed by atoms with van der Waals surface area (Å²) < 4.78 is 29.8. The van der Waals surface area contributed by atoms with Crippen molar-refractivity contribution in [2.75, 3.05) is 20.8 Å². The number of hydrogen-bond donors (Lipinski definition) is 0. The first kappa shape index (κ1) is 15.3. The molecule has 0 saturated carbocycles. The molecule has 0 bridgehead atoms. The van der Waals surface area contributed by atoms with Crippen molar-refractivity contribution in [3.63, 3.8) is 0 Å². The summed E-state index contributed by atoms with van der Waals surface area (Å²) in [6, 6.07) is 10.5. The van der Waals surface area contributed by atoms with Crippen LogP contribution in [-0.4, -0.2) is 33.1 Å². The van der Waals surface area contributed by atoms with Gasteiger partial charge in [-0.2, -0.15) is 0 Å². The van der Waals surface area contributed by atoms with Crippen LogP contribution in [-0.2, 0) is 6.42 Å². The zero-order valence-corrected chi connectivity index (χ0v) is 13.1. The van der Waals surface area contributed by atoms with Crippen LogP contribution in [0.5, 0.6) is 17.2 Å². The van der Waals surface area contributed by atoms with Gasteiger partial charge in [0.1, 0.15) is 18.1 Å². The quantitative estimate of drug-likeness (QED) is 0.813. The van der Waals surface area contributed by atoms with Gasteiger partial charge >= 0.3 is 0 Å². The third kappa shape index (κ3) is 3.28. The summed E-state index contributed by atoms with van der Waals surface area (Å²) in [6.45, 7) is 0.351. The molecule has 0 saturated heterocycles. The molecule has 120 valence electrons. The van der Waals surface area contributed by atoms with E-state index in [0.717, 1.165) is 16.9 Å². The Hall–Kier alpha value is -2.56. The number of ether oxygens (including phenoxy) is 3. The van der Waals surface area contributed by atoms with Crippen molar-refractivity contribution in [3.8, 4) is 17.2 Å². The highest BCUT2D eigenvalue weighted by atomic mass is 19.1. The molecule has 0 aliphatic carbocycles. The Morgan fingerprint density at radius 2 is 1.91 bits per heavy atom. The minimum atomic E-state index is -0.363. The van der Waals surface area contributed by atoms with E-state index in [9.17, 15) is 4.39 Å². The van der Waals surface area contributed by atoms with Gasteiger partial charge in [0.25, 0.3) is 0 Å². The van der Waals surface area contributed by atoms with Gasteiger partial charge in [-0.1, -0.05) is 0 Å². The van der Waals surface area contributed by atoms with Crippen molar-refractivity contribution in [2.24, 2.45) is 4.99 Å². The molecule has 0 radical (unpaired) electrons. The van der Waals surface area contributed by atoms with Crippen LogP contribution in [0.2, 0.25) is 0 Å². The molecule has 0 N–H and O–H groups in total. The minimum absolute atomic E-state index is 0.0692. The van der Waals surface area contributed by atoms with E-state index >= 15 is 0 Å². The zero-order chi connectivity index (χ0) is 16.2. The van der Waals surface area contributed by atoms with Crippen LogP contribution in [0.1, 0.15) is 11.1 Å². The molecule has 3 rings (SSSR count). The lowest BCUT2D eigenvalue weighted by molar-refractivity contribution is 0.247. The second-order valence-corrected chi connectivity index (χ2v) is 5.28. The summed E-state index contributed by atoms with van der Waals surface area (Å²) in [6.07, 6.45) is 2.38. The summed E-state index contributed by atoms with van der Waals surface area (Å²) in [5.41, 5.74) is 1.71. The average molecular weight is 315 g/mol. The number of halogens is 1. The monoisotopic (exact) mass is 315 g/mol. The maximum atomic E-state index is 13.8. The number of rotatable bonds is 4. The predicted octanol–water partition coefficient (Wildman–Crippen LogP) is 3.27. The molecule has 2 aromatic rings. The highest BCUT2D eigenvalue weighted by Crippen LogP contribution is 2.35. The first-order valence-corrected chi connectivity index (χ1v) is 7.36. The lowest BCUT2D eigenvalue weighted by atomic mass is 10.0. The largest absolute Gasteiger partial charge is 0.497 e. The fourth-order valence-corrected chi connectivity index (χ4v) is 2.57. The van der Waals surface area contributed by atoms with Crippen LogP contribution in [0, 0.1) is 5.82 Å². The number of fused-ring (bicyclic) bond motifs is 1. The summed E-state index contributed by atoms with van der Waals surface area (Å²) in [5, 5.41) is 0. The molecule has 1 atom stereocenters. The van der Waals surface area contributed by atoms with Crippen LogP contribution < -0.4 is 14.2 Å². The third-order valence-electron chi connectivity index (χ3n) is 3.80. The SMILES string of the molecule is COc1ccc(C=N[C@H]2COc3c(F)ccc(OC)c3C2)cc1. The third-order valence-corrected chi connectivity index (χ3v) is 3.80. The molecular weight excluding hydrogens is 297 g/mol. The predicted molar refractivity (Wildman–Crippen MR) is 86.5 cm³/mol. The van der Waals surface area contributed by atoms with Crippen molar-refractivity contribution in [3.05, 3.63) is 53.3 Å². The Balaban J connectivity index is 1.76. The Morgan fingerprint density at radius 3 is 2.61 bits per heavy atom. The fourth-order valence-electron chi connectivity index (χ4n) is 2.57.